The van der Waals surface area contributed by atoms with Crippen molar-refractivity contribution in [3.05, 3.63) is 154 Å². The number of methoxy groups -OCH3 is 1. The van der Waals surface area contributed by atoms with E-state index in [1.54, 1.807) is 105 Å². The lowest BCUT2D eigenvalue weighted by atomic mass is 9.42. The Bertz CT molecular complexity index is 2880. The fourth-order valence-corrected chi connectivity index (χ4v) is 12.0. The summed E-state index contributed by atoms with van der Waals surface area (Å²) >= 11 is 0. The fraction of sp³-hybridized carbons (Fsp3) is 0.404. The summed E-state index contributed by atoms with van der Waals surface area (Å²) in [5, 5.41) is 29.2. The number of aliphatic hydroxyl groups is 2. The van der Waals surface area contributed by atoms with Crippen LogP contribution in [0.15, 0.2) is 126 Å². The Morgan fingerprint density at radius 1 is 0.757 bits per heavy atom. The van der Waals surface area contributed by atoms with Gasteiger partial charge >= 0.3 is 29.8 Å². The maximum absolute atomic E-state index is 15.8. The van der Waals surface area contributed by atoms with E-state index < -0.39 is 131 Å². The highest BCUT2D eigenvalue weighted by atomic mass is 16.6. The number of carbonyl (C=O) groups excluding carboxylic acids is 8. The van der Waals surface area contributed by atoms with Crippen molar-refractivity contribution in [2.24, 2.45) is 22.7 Å². The van der Waals surface area contributed by atoms with Gasteiger partial charge in [-0.1, -0.05) is 92.7 Å². The molecule has 2 unspecified atom stereocenters. The highest BCUT2D eigenvalue weighted by Gasteiger charge is 2.77. The summed E-state index contributed by atoms with van der Waals surface area (Å²) < 4.78 is 35.5. The quantitative estimate of drug-likeness (QED) is 0.0563. The minimum absolute atomic E-state index is 0.0121. The van der Waals surface area contributed by atoms with Crippen molar-refractivity contribution in [2.75, 3.05) is 13.7 Å². The minimum atomic E-state index is -2.28. The highest BCUT2D eigenvalue weighted by Crippen LogP contribution is 2.66. The summed E-state index contributed by atoms with van der Waals surface area (Å²) in [6, 6.07) is 28.3. The van der Waals surface area contributed by atoms with E-state index in [-0.39, 0.29) is 46.4 Å². The van der Waals surface area contributed by atoms with E-state index in [9.17, 15) is 39.0 Å². The Morgan fingerprint density at radius 3 is 1.86 bits per heavy atom. The molecule has 0 aromatic heterocycles. The normalized spacial score (nSPS) is 28.4. The SMILES string of the molecule is COC(=O)c1ccc(C(=O)O[C@@H](C(=O)O[C@H]2C[C@@]3(O)[C@@H](CC(=O)c4ccccc4)C4[C@]5(OC(C)=O)COC5C[C@H](O)[C@@]4(C)C(=O)[C@H](OC(C)=O)C(=C2C)C3(C)C)[C@@H](NC(=O)c2ccccc2)c2ccccc2)cc1. The Hall–Kier alpha value is -7.34. The van der Waals surface area contributed by atoms with Gasteiger partial charge in [0.05, 0.1) is 42.0 Å². The molecule has 1 saturated heterocycles. The molecule has 74 heavy (non-hydrogen) atoms. The number of aliphatic hydroxyl groups excluding tert-OH is 1. The summed E-state index contributed by atoms with van der Waals surface area (Å²) in [7, 11) is 1.20. The standard InChI is InChI=1S/C57H59NO16/c1-31-41(72-53(67)47(73-52(66)38-25-23-37(24-26-38)51(65)69-7)45(35-19-13-9-14-20-35)58-50(64)36-21-15-10-16-22-36)29-57(68)39(27-40(61)34-17-11-8-12-18-34)48-55(6,42(62)28-43-56(48,30-70-43)74-33(3)60)49(63)46(71-32(2)59)44(31)54(57,4)5/h8-26,39,41-43,45-48,62,68H,27-30H2,1-7H3,(H,58,64)/t39-,41-,42-,43?,45-,46+,47+,48?,55+,56-,57+/m0/s1. The third kappa shape index (κ3) is 9.32. The summed E-state index contributed by atoms with van der Waals surface area (Å²) in [6.07, 6.45) is -9.15. The molecule has 17 nitrogen and oxygen atoms in total. The lowest BCUT2D eigenvalue weighted by Crippen LogP contribution is -2.80. The first-order chi connectivity index (χ1) is 35.1. The Kier molecular flexibility index (Phi) is 14.7. The molecule has 8 rings (SSSR count). The van der Waals surface area contributed by atoms with Gasteiger partial charge in [0.15, 0.2) is 23.3 Å². The summed E-state index contributed by atoms with van der Waals surface area (Å²) in [4.78, 5) is 113. The van der Waals surface area contributed by atoms with Crippen molar-refractivity contribution in [1.82, 2.24) is 5.32 Å². The molecule has 0 spiro atoms. The molecule has 11 atom stereocenters. The molecular weight excluding hydrogens is 955 g/mol. The number of fused-ring (bicyclic) bond motifs is 5. The van der Waals surface area contributed by atoms with E-state index >= 15 is 9.59 Å². The molecule has 1 amide bonds. The molecule has 1 heterocycles. The molecule has 3 aliphatic carbocycles. The molecule has 3 N–H and O–H groups in total. The van der Waals surface area contributed by atoms with Gasteiger partial charge in [0.1, 0.15) is 18.2 Å². The monoisotopic (exact) mass is 1010 g/mol. The molecule has 0 radical (unpaired) electrons. The van der Waals surface area contributed by atoms with E-state index in [1.807, 2.05) is 0 Å². The number of carbonyl (C=O) groups is 8. The van der Waals surface area contributed by atoms with Gasteiger partial charge in [0.25, 0.3) is 5.91 Å². The number of benzene rings is 4. The zero-order chi connectivity index (χ0) is 53.5. The lowest BCUT2D eigenvalue weighted by molar-refractivity contribution is -0.339. The number of amides is 1. The maximum atomic E-state index is 15.8. The molecule has 2 saturated carbocycles. The molecule has 388 valence electrons. The molecule has 17 heteroatoms. The van der Waals surface area contributed by atoms with Crippen LogP contribution in [0.3, 0.4) is 0 Å². The van der Waals surface area contributed by atoms with Crippen LogP contribution in [0.1, 0.15) is 114 Å². The number of nitrogens with one attached hydrogen (secondary N) is 1. The lowest BCUT2D eigenvalue weighted by Gasteiger charge is -2.68. The van der Waals surface area contributed by atoms with Crippen LogP contribution in [0.4, 0.5) is 0 Å². The number of esters is 5. The van der Waals surface area contributed by atoms with Crippen LogP contribution in [0.2, 0.25) is 0 Å². The molecule has 4 aromatic carbocycles. The van der Waals surface area contributed by atoms with Crippen LogP contribution in [0.5, 0.6) is 0 Å². The number of rotatable bonds is 14. The van der Waals surface area contributed by atoms with Gasteiger partial charge in [-0.05, 0) is 67.0 Å². The van der Waals surface area contributed by atoms with Crippen molar-refractivity contribution < 1.29 is 77.0 Å². The zero-order valence-corrected chi connectivity index (χ0v) is 42.0. The van der Waals surface area contributed by atoms with Gasteiger partial charge < -0.3 is 44.0 Å². The second-order valence-electron chi connectivity index (χ2n) is 20.2. The third-order valence-electron chi connectivity index (χ3n) is 15.7. The number of hydrogen-bond acceptors (Lipinski definition) is 16. The van der Waals surface area contributed by atoms with Crippen molar-refractivity contribution in [3.63, 3.8) is 0 Å². The first-order valence-electron chi connectivity index (χ1n) is 24.3. The van der Waals surface area contributed by atoms with Gasteiger partial charge in [-0.15, -0.1) is 0 Å². The van der Waals surface area contributed by atoms with Crippen molar-refractivity contribution in [1.29, 1.82) is 0 Å². The summed E-state index contributed by atoms with van der Waals surface area (Å²) in [6.45, 7) is 8.20. The smallest absolute Gasteiger partial charge is 0.350 e. The predicted octanol–water partition coefficient (Wildman–Crippen LogP) is 6.05. The second-order valence-corrected chi connectivity index (χ2v) is 20.2. The Balaban J connectivity index is 1.31. The Labute approximate surface area is 427 Å². The molecule has 1 aliphatic heterocycles. The van der Waals surface area contributed by atoms with E-state index in [2.05, 4.69) is 5.32 Å². The molecule has 2 bridgehead atoms. The minimum Gasteiger partial charge on any atom is -0.465 e. The van der Waals surface area contributed by atoms with E-state index in [1.165, 1.54) is 52.1 Å². The third-order valence-corrected chi connectivity index (χ3v) is 15.7. The number of Topliss-reactive ketones (excluding diaryl/α,β-unsaturated/α-hetero) is 2. The molecular formula is C57H59NO16. The largest absolute Gasteiger partial charge is 0.465 e. The van der Waals surface area contributed by atoms with Crippen molar-refractivity contribution >= 4 is 47.3 Å². The number of hydrogen-bond donors (Lipinski definition) is 3. The first kappa shape index (κ1) is 53.0. The van der Waals surface area contributed by atoms with E-state index in [4.69, 9.17) is 28.4 Å². The van der Waals surface area contributed by atoms with Crippen molar-refractivity contribution in [2.45, 2.75) is 109 Å². The van der Waals surface area contributed by atoms with Gasteiger partial charge in [0, 0.05) is 61.5 Å². The zero-order valence-electron chi connectivity index (χ0n) is 42.0. The average molecular weight is 1010 g/mol. The predicted molar refractivity (Wildman–Crippen MR) is 262 cm³/mol. The Morgan fingerprint density at radius 2 is 1.32 bits per heavy atom. The number of ether oxygens (including phenoxy) is 6. The van der Waals surface area contributed by atoms with Gasteiger partial charge in [-0.2, -0.15) is 0 Å². The molecule has 3 fully saturated rings. The summed E-state index contributed by atoms with van der Waals surface area (Å²) in [5.74, 6) is -9.42. The summed E-state index contributed by atoms with van der Waals surface area (Å²) in [5.41, 5.74) is -6.68. The first-order valence-corrected chi connectivity index (χ1v) is 24.3. The topological polar surface area (TPSA) is 244 Å². The van der Waals surface area contributed by atoms with Crippen LogP contribution in [-0.2, 0) is 47.6 Å². The van der Waals surface area contributed by atoms with Crippen LogP contribution in [0, 0.1) is 22.7 Å². The van der Waals surface area contributed by atoms with Gasteiger partial charge in [-0.25, -0.2) is 14.4 Å². The van der Waals surface area contributed by atoms with Crippen molar-refractivity contribution in [3.8, 4) is 0 Å². The number of ketones is 2. The van der Waals surface area contributed by atoms with Crippen LogP contribution in [0.25, 0.3) is 0 Å². The highest BCUT2D eigenvalue weighted by molar-refractivity contribution is 5.99. The van der Waals surface area contributed by atoms with Crippen LogP contribution < -0.4 is 5.32 Å². The maximum Gasteiger partial charge on any atom is 0.350 e. The second kappa shape index (κ2) is 20.5. The van der Waals surface area contributed by atoms with Gasteiger partial charge in [0.2, 0.25) is 6.10 Å². The van der Waals surface area contributed by atoms with E-state index in [0.717, 1.165) is 6.92 Å². The fourth-order valence-electron chi connectivity index (χ4n) is 12.0. The average Bonchev–Trinajstić information content (AvgIpc) is 3.41. The molecule has 4 aromatic rings. The van der Waals surface area contributed by atoms with E-state index in [0.29, 0.717) is 5.56 Å². The van der Waals surface area contributed by atoms with Gasteiger partial charge in [-0.3, -0.25) is 24.0 Å². The molecule has 4 aliphatic rings. The van der Waals surface area contributed by atoms with Crippen LogP contribution in [-0.4, -0.2) is 113 Å². The van der Waals surface area contributed by atoms with Crippen LogP contribution >= 0.6 is 0 Å².